The number of nitrogens with zero attached hydrogens (tertiary/aromatic N) is 4. The van der Waals surface area contributed by atoms with Gasteiger partial charge in [0.2, 0.25) is 0 Å². The van der Waals surface area contributed by atoms with Gasteiger partial charge in [0.05, 0.1) is 24.9 Å². The van der Waals surface area contributed by atoms with Crippen molar-refractivity contribution in [2.24, 2.45) is 20.6 Å². The van der Waals surface area contributed by atoms with Crippen LogP contribution in [0.2, 0.25) is 0 Å². The van der Waals surface area contributed by atoms with Gasteiger partial charge >= 0.3 is 0 Å². The van der Waals surface area contributed by atoms with Gasteiger partial charge in [-0.25, -0.2) is 0 Å². The summed E-state index contributed by atoms with van der Waals surface area (Å²) in [5, 5.41) is 68.7. The topological polar surface area (TPSA) is 171 Å². The minimum absolute atomic E-state index is 0.203. The van der Waals surface area contributed by atoms with Crippen molar-refractivity contribution in [1.82, 2.24) is 0 Å². The largest absolute Gasteiger partial charge is 0.507 e. The van der Waals surface area contributed by atoms with E-state index in [0.29, 0.717) is 24.0 Å². The van der Waals surface area contributed by atoms with E-state index in [0.717, 1.165) is 24.9 Å². The van der Waals surface area contributed by atoms with Crippen LogP contribution in [-0.2, 0) is 5.41 Å². The van der Waals surface area contributed by atoms with Gasteiger partial charge in [0.25, 0.3) is 0 Å². The molecular formula is C21H24N4O6. The van der Waals surface area contributed by atoms with E-state index in [9.17, 15) is 10.2 Å². The van der Waals surface area contributed by atoms with Crippen LogP contribution in [0.4, 0.5) is 0 Å². The fraction of sp³-hybridized carbons (Fsp3) is 0.238. The molecular weight excluding hydrogens is 404 g/mol. The number of hydrogen-bond donors (Lipinski definition) is 6. The maximum atomic E-state index is 10.4. The molecule has 0 aromatic heterocycles. The van der Waals surface area contributed by atoms with Crippen molar-refractivity contribution < 1.29 is 31.0 Å². The summed E-state index contributed by atoms with van der Waals surface area (Å²) in [6, 6.07) is 6.57. The number of aromatic hydroxyl groups is 2. The van der Waals surface area contributed by atoms with Crippen molar-refractivity contribution in [3.63, 3.8) is 0 Å². The van der Waals surface area contributed by atoms with Gasteiger partial charge in [-0.3, -0.25) is 0 Å². The number of phenols is 2. The van der Waals surface area contributed by atoms with Crippen LogP contribution >= 0.6 is 0 Å². The average molecular weight is 428 g/mol. The Hall–Kier alpha value is -4.08. The monoisotopic (exact) mass is 428 g/mol. The second kappa shape index (κ2) is 10.1. The van der Waals surface area contributed by atoms with Crippen molar-refractivity contribution in [3.05, 3.63) is 57.6 Å². The Morgan fingerprint density at radius 3 is 1.06 bits per heavy atom. The first-order valence-corrected chi connectivity index (χ1v) is 9.37. The second-order valence-electron chi connectivity index (χ2n) is 6.77. The zero-order valence-corrected chi connectivity index (χ0v) is 17.0. The van der Waals surface area contributed by atoms with Crippen LogP contribution in [0.5, 0.6) is 11.5 Å². The first-order valence-electron chi connectivity index (χ1n) is 9.37. The lowest BCUT2D eigenvalue weighted by Gasteiger charge is -2.34. The lowest BCUT2D eigenvalue weighted by atomic mass is 9.69. The van der Waals surface area contributed by atoms with Gasteiger partial charge < -0.3 is 31.0 Å². The van der Waals surface area contributed by atoms with Gasteiger partial charge in [-0.2, -0.15) is 0 Å². The maximum Gasteiger partial charge on any atom is 0.133 e. The van der Waals surface area contributed by atoms with E-state index in [1.54, 1.807) is 24.3 Å². The van der Waals surface area contributed by atoms with E-state index in [4.69, 9.17) is 20.8 Å². The fourth-order valence-electron chi connectivity index (χ4n) is 3.79. The van der Waals surface area contributed by atoms with E-state index < -0.39 is 5.41 Å². The molecule has 2 rings (SSSR count). The molecule has 0 aliphatic heterocycles. The molecule has 164 valence electrons. The van der Waals surface area contributed by atoms with E-state index in [2.05, 4.69) is 20.6 Å². The average Bonchev–Trinajstić information content (AvgIpc) is 2.76. The lowest BCUT2D eigenvalue weighted by Crippen LogP contribution is -2.27. The van der Waals surface area contributed by atoms with Crippen molar-refractivity contribution in [1.29, 1.82) is 0 Å². The molecule has 0 spiro atoms. The van der Waals surface area contributed by atoms with Gasteiger partial charge in [0.1, 0.15) is 11.5 Å². The van der Waals surface area contributed by atoms with Crippen LogP contribution in [0.3, 0.4) is 0 Å². The number of rotatable bonds is 8. The summed E-state index contributed by atoms with van der Waals surface area (Å²) in [6.07, 6.45) is 5.39. The molecule has 6 N–H and O–H groups in total. The van der Waals surface area contributed by atoms with E-state index in [-0.39, 0.29) is 33.8 Å². The van der Waals surface area contributed by atoms with Crippen LogP contribution in [0.15, 0.2) is 44.9 Å². The van der Waals surface area contributed by atoms with Crippen molar-refractivity contribution in [2.45, 2.75) is 32.1 Å². The zero-order valence-electron chi connectivity index (χ0n) is 17.0. The SMILES string of the molecule is CCC(CC)(c1cc(/C=N\O)c(O)c(/C=N\O)c1)c1cc(/C=N\O)c(O)c(/C=N\O)c1. The standard InChI is InChI=1S/C21H24N4O6/c1-3-21(4-2,17-5-13(9-22-28)19(26)14(6-17)10-23-29)18-7-15(11-24-30)20(27)16(8-18)12-25-31/h5-12,26-31H,3-4H2,1-2H3/b22-9-,23-10-,24-11-,25-12-. The molecule has 0 radical (unpaired) electrons. The Morgan fingerprint density at radius 2 is 0.871 bits per heavy atom. The highest BCUT2D eigenvalue weighted by Crippen LogP contribution is 2.42. The molecule has 0 amide bonds. The second-order valence-corrected chi connectivity index (χ2v) is 6.77. The van der Waals surface area contributed by atoms with Crippen molar-refractivity contribution in [3.8, 4) is 11.5 Å². The van der Waals surface area contributed by atoms with E-state index in [1.807, 2.05) is 13.8 Å². The first-order chi connectivity index (χ1) is 14.9. The number of oxime groups is 4. The fourth-order valence-corrected chi connectivity index (χ4v) is 3.79. The predicted octanol–water partition coefficient (Wildman–Crippen LogP) is 3.44. The summed E-state index contributed by atoms with van der Waals surface area (Å²) < 4.78 is 0. The highest BCUT2D eigenvalue weighted by Gasteiger charge is 2.33. The lowest BCUT2D eigenvalue weighted by molar-refractivity contribution is 0.321. The summed E-state index contributed by atoms with van der Waals surface area (Å²) >= 11 is 0. The van der Waals surface area contributed by atoms with Gasteiger partial charge in [-0.05, 0) is 48.2 Å². The van der Waals surface area contributed by atoms with E-state index >= 15 is 0 Å². The first kappa shape index (κ1) is 23.2. The van der Waals surface area contributed by atoms with Crippen molar-refractivity contribution in [2.75, 3.05) is 0 Å². The molecule has 0 aliphatic rings. The Morgan fingerprint density at radius 1 is 0.613 bits per heavy atom. The third-order valence-corrected chi connectivity index (χ3v) is 5.44. The molecule has 10 nitrogen and oxygen atoms in total. The molecule has 2 aromatic rings. The Bertz CT molecular complexity index is 897. The summed E-state index contributed by atoms with van der Waals surface area (Å²) in [5.74, 6) is -0.459. The Kier molecular flexibility index (Phi) is 7.56. The molecule has 0 aliphatic carbocycles. The molecule has 0 atom stereocenters. The highest BCUT2D eigenvalue weighted by molar-refractivity contribution is 5.93. The summed E-state index contributed by atoms with van der Waals surface area (Å²) in [7, 11) is 0. The molecule has 2 aromatic carbocycles. The Labute approximate surface area is 178 Å². The minimum atomic E-state index is -0.687. The minimum Gasteiger partial charge on any atom is -0.507 e. The molecule has 31 heavy (non-hydrogen) atoms. The van der Waals surface area contributed by atoms with Crippen LogP contribution in [0.1, 0.15) is 60.1 Å². The van der Waals surface area contributed by atoms with Gasteiger partial charge in [0.15, 0.2) is 0 Å². The molecule has 0 saturated carbocycles. The zero-order chi connectivity index (χ0) is 23.0. The van der Waals surface area contributed by atoms with Crippen LogP contribution in [0.25, 0.3) is 0 Å². The highest BCUT2D eigenvalue weighted by atomic mass is 16.4. The third kappa shape index (κ3) is 4.42. The molecule has 0 heterocycles. The summed E-state index contributed by atoms with van der Waals surface area (Å²) in [6.45, 7) is 3.89. The van der Waals surface area contributed by atoms with Crippen LogP contribution < -0.4 is 0 Å². The third-order valence-electron chi connectivity index (χ3n) is 5.44. The van der Waals surface area contributed by atoms with Gasteiger partial charge in [-0.15, -0.1) is 0 Å². The maximum absolute atomic E-state index is 10.4. The number of benzene rings is 2. The molecule has 0 unspecified atom stereocenters. The Balaban J connectivity index is 2.92. The smallest absolute Gasteiger partial charge is 0.133 e. The molecule has 10 heteroatoms. The summed E-state index contributed by atoms with van der Waals surface area (Å²) in [4.78, 5) is 0. The molecule has 0 fully saturated rings. The number of phenolic OH excluding ortho intramolecular Hbond substituents is 2. The van der Waals surface area contributed by atoms with E-state index in [1.165, 1.54) is 0 Å². The molecule has 0 saturated heterocycles. The summed E-state index contributed by atoms with van der Waals surface area (Å²) in [5.41, 5.74) is 1.52. The van der Waals surface area contributed by atoms with Crippen molar-refractivity contribution >= 4 is 24.9 Å². The van der Waals surface area contributed by atoms with Crippen LogP contribution in [0, 0.1) is 0 Å². The van der Waals surface area contributed by atoms with Crippen LogP contribution in [-0.4, -0.2) is 55.9 Å². The number of hydrogen-bond acceptors (Lipinski definition) is 10. The predicted molar refractivity (Wildman–Crippen MR) is 115 cm³/mol. The normalized spacial score (nSPS) is 12.7. The quantitative estimate of drug-likeness (QED) is 0.214. The molecule has 0 bridgehead atoms. The van der Waals surface area contributed by atoms with Gasteiger partial charge in [-0.1, -0.05) is 34.5 Å². The van der Waals surface area contributed by atoms with Gasteiger partial charge in [0, 0.05) is 27.7 Å².